The van der Waals surface area contributed by atoms with E-state index in [0.717, 1.165) is 12.8 Å². The van der Waals surface area contributed by atoms with E-state index in [9.17, 15) is 18.0 Å². The van der Waals surface area contributed by atoms with Crippen molar-refractivity contribution in [2.75, 3.05) is 26.2 Å². The maximum atomic E-state index is 13.0. The van der Waals surface area contributed by atoms with Gasteiger partial charge in [-0.15, -0.1) is 0 Å². The number of amides is 2. The van der Waals surface area contributed by atoms with E-state index in [1.807, 2.05) is 0 Å². The Kier molecular flexibility index (Phi) is 6.63. The Bertz CT molecular complexity index is 862. The summed E-state index contributed by atoms with van der Waals surface area (Å²) in [5.41, 5.74) is 0.360. The normalized spacial score (nSPS) is 26.2. The van der Waals surface area contributed by atoms with Gasteiger partial charge in [-0.25, -0.2) is 8.42 Å². The lowest BCUT2D eigenvalue weighted by Crippen LogP contribution is -2.49. The third-order valence-corrected chi connectivity index (χ3v) is 8.34. The Balaban J connectivity index is 1.71. The van der Waals surface area contributed by atoms with E-state index in [2.05, 4.69) is 19.2 Å². The molecule has 3 rings (SSSR count). The molecule has 1 aromatic rings. The highest BCUT2D eigenvalue weighted by molar-refractivity contribution is 7.89. The molecule has 0 unspecified atom stereocenters. The van der Waals surface area contributed by atoms with Gasteiger partial charge in [-0.3, -0.25) is 9.59 Å². The van der Waals surface area contributed by atoms with Crippen LogP contribution in [-0.4, -0.2) is 61.7 Å². The Labute approximate surface area is 173 Å². The lowest BCUT2D eigenvalue weighted by atomic mass is 9.78. The Morgan fingerprint density at radius 3 is 2.41 bits per heavy atom. The van der Waals surface area contributed by atoms with Gasteiger partial charge in [0.2, 0.25) is 15.9 Å². The second kappa shape index (κ2) is 8.83. The maximum Gasteiger partial charge on any atom is 0.251 e. The van der Waals surface area contributed by atoms with Crippen molar-refractivity contribution in [1.82, 2.24) is 14.5 Å². The van der Waals surface area contributed by atoms with Gasteiger partial charge in [-0.2, -0.15) is 4.31 Å². The van der Waals surface area contributed by atoms with Gasteiger partial charge in [0.15, 0.2) is 0 Å². The average molecular weight is 422 g/mol. The van der Waals surface area contributed by atoms with E-state index in [1.54, 1.807) is 17.0 Å². The molecule has 0 spiro atoms. The zero-order valence-corrected chi connectivity index (χ0v) is 18.2. The van der Waals surface area contributed by atoms with Crippen molar-refractivity contribution in [3.8, 4) is 0 Å². The van der Waals surface area contributed by atoms with Crippen molar-refractivity contribution in [2.24, 2.45) is 11.8 Å². The molecule has 1 saturated carbocycles. The Hall–Kier alpha value is -1.93. The molecule has 0 aromatic heterocycles. The van der Waals surface area contributed by atoms with Gasteiger partial charge in [0, 0.05) is 44.7 Å². The van der Waals surface area contributed by atoms with Crippen LogP contribution in [0.5, 0.6) is 0 Å². The van der Waals surface area contributed by atoms with E-state index in [0.29, 0.717) is 30.5 Å². The zero-order chi connectivity index (χ0) is 21.2. The van der Waals surface area contributed by atoms with Gasteiger partial charge in [0.1, 0.15) is 0 Å². The Morgan fingerprint density at radius 1 is 1.07 bits per heavy atom. The number of rotatable bonds is 4. The molecule has 1 aliphatic carbocycles. The van der Waals surface area contributed by atoms with Gasteiger partial charge in [-0.1, -0.05) is 32.8 Å². The highest BCUT2D eigenvalue weighted by atomic mass is 32.2. The first-order valence-electron chi connectivity index (χ1n) is 10.4. The molecule has 3 atom stereocenters. The van der Waals surface area contributed by atoms with E-state index < -0.39 is 10.0 Å². The lowest BCUT2D eigenvalue weighted by molar-refractivity contribution is -0.129. The molecular formula is C21H31N3O4S. The smallest absolute Gasteiger partial charge is 0.251 e. The molecular weight excluding hydrogens is 390 g/mol. The van der Waals surface area contributed by atoms with Gasteiger partial charge >= 0.3 is 0 Å². The molecule has 29 heavy (non-hydrogen) atoms. The standard InChI is InChI=1S/C21H31N3O4S/c1-15-6-4-9-20(16(15)2)22-21(26)18-7-5-8-19(14-18)29(27,28)24-12-10-23(11-13-24)17(3)25/h5,7-8,14-16,20H,4,6,9-13H2,1-3H3,(H,22,26)/t15-,16-,20-/m0/s1. The van der Waals surface area contributed by atoms with Crippen LogP contribution >= 0.6 is 0 Å². The van der Waals surface area contributed by atoms with Crippen LogP contribution in [0.3, 0.4) is 0 Å². The summed E-state index contributed by atoms with van der Waals surface area (Å²) in [4.78, 5) is 26.0. The van der Waals surface area contributed by atoms with Crippen molar-refractivity contribution in [2.45, 2.75) is 51.0 Å². The van der Waals surface area contributed by atoms with Crippen LogP contribution in [0.1, 0.15) is 50.4 Å². The summed E-state index contributed by atoms with van der Waals surface area (Å²) < 4.78 is 27.4. The number of carbonyl (C=O) groups excluding carboxylic acids is 2. The summed E-state index contributed by atoms with van der Waals surface area (Å²) in [6, 6.07) is 6.36. The second-order valence-corrected chi connectivity index (χ2v) is 10.2. The first-order valence-corrected chi connectivity index (χ1v) is 11.8. The van der Waals surface area contributed by atoms with Crippen LogP contribution in [-0.2, 0) is 14.8 Å². The highest BCUT2D eigenvalue weighted by Gasteiger charge is 2.31. The lowest BCUT2D eigenvalue weighted by Gasteiger charge is -2.34. The quantitative estimate of drug-likeness (QED) is 0.807. The van der Waals surface area contributed by atoms with Crippen molar-refractivity contribution in [1.29, 1.82) is 0 Å². The molecule has 1 aliphatic heterocycles. The van der Waals surface area contributed by atoms with Crippen molar-refractivity contribution < 1.29 is 18.0 Å². The number of hydrogen-bond donors (Lipinski definition) is 1. The summed E-state index contributed by atoms with van der Waals surface area (Å²) in [7, 11) is -3.70. The summed E-state index contributed by atoms with van der Waals surface area (Å²) in [6.45, 7) is 7.14. The van der Waals surface area contributed by atoms with E-state index >= 15 is 0 Å². The topological polar surface area (TPSA) is 86.8 Å². The highest BCUT2D eigenvalue weighted by Crippen LogP contribution is 2.29. The molecule has 1 aromatic carbocycles. The maximum absolute atomic E-state index is 13.0. The van der Waals surface area contributed by atoms with Crippen molar-refractivity contribution in [3.05, 3.63) is 29.8 Å². The Morgan fingerprint density at radius 2 is 1.76 bits per heavy atom. The van der Waals surface area contributed by atoms with Crippen LogP contribution in [0.4, 0.5) is 0 Å². The molecule has 7 nitrogen and oxygen atoms in total. The summed E-state index contributed by atoms with van der Waals surface area (Å²) in [6.07, 6.45) is 3.23. The summed E-state index contributed by atoms with van der Waals surface area (Å²) in [5, 5.41) is 3.10. The van der Waals surface area contributed by atoms with Gasteiger partial charge in [-0.05, 0) is 36.5 Å². The van der Waals surface area contributed by atoms with Gasteiger partial charge in [0.05, 0.1) is 4.90 Å². The summed E-state index contributed by atoms with van der Waals surface area (Å²) >= 11 is 0. The zero-order valence-electron chi connectivity index (χ0n) is 17.4. The molecule has 2 amide bonds. The average Bonchev–Trinajstić information content (AvgIpc) is 2.71. The van der Waals surface area contributed by atoms with Crippen molar-refractivity contribution in [3.63, 3.8) is 0 Å². The number of sulfonamides is 1. The minimum absolute atomic E-state index is 0.0491. The SMILES string of the molecule is CC(=O)N1CCN(S(=O)(=O)c2cccc(C(=O)N[C@H]3CCC[C@H](C)[C@@H]3C)c2)CC1. The fourth-order valence-electron chi connectivity index (χ4n) is 4.23. The number of nitrogens with zero attached hydrogens (tertiary/aromatic N) is 2. The number of nitrogens with one attached hydrogen (secondary N) is 1. The second-order valence-electron chi connectivity index (χ2n) is 8.29. The van der Waals surface area contributed by atoms with Gasteiger partial charge < -0.3 is 10.2 Å². The molecule has 1 saturated heterocycles. The van der Waals surface area contributed by atoms with E-state index in [4.69, 9.17) is 0 Å². The van der Waals surface area contributed by atoms with E-state index in [1.165, 1.54) is 29.8 Å². The monoisotopic (exact) mass is 421 g/mol. The molecule has 1 heterocycles. The fraction of sp³-hybridized carbons (Fsp3) is 0.619. The number of hydrogen-bond acceptors (Lipinski definition) is 4. The minimum atomic E-state index is -3.70. The fourth-order valence-corrected chi connectivity index (χ4v) is 5.70. The van der Waals surface area contributed by atoms with Crippen LogP contribution in [0, 0.1) is 11.8 Å². The van der Waals surface area contributed by atoms with Crippen LogP contribution in [0.25, 0.3) is 0 Å². The summed E-state index contributed by atoms with van der Waals surface area (Å²) in [5.74, 6) is 0.688. The van der Waals surface area contributed by atoms with E-state index in [-0.39, 0.29) is 35.8 Å². The predicted octanol–water partition coefficient (Wildman–Crippen LogP) is 2.09. The third-order valence-electron chi connectivity index (χ3n) is 6.44. The number of piperazine rings is 1. The number of benzene rings is 1. The largest absolute Gasteiger partial charge is 0.349 e. The molecule has 160 valence electrons. The van der Waals surface area contributed by atoms with Crippen molar-refractivity contribution >= 4 is 21.8 Å². The first kappa shape index (κ1) is 21.8. The third kappa shape index (κ3) is 4.80. The molecule has 8 heteroatoms. The molecule has 2 aliphatic rings. The number of carbonyl (C=O) groups is 2. The first-order chi connectivity index (χ1) is 13.7. The minimum Gasteiger partial charge on any atom is -0.349 e. The molecule has 2 fully saturated rings. The van der Waals surface area contributed by atoms with Crippen LogP contribution in [0.15, 0.2) is 29.2 Å². The molecule has 1 N–H and O–H groups in total. The molecule has 0 bridgehead atoms. The van der Waals surface area contributed by atoms with Crippen LogP contribution < -0.4 is 5.32 Å². The molecule has 0 radical (unpaired) electrons. The van der Waals surface area contributed by atoms with Gasteiger partial charge in [0.25, 0.3) is 5.91 Å². The predicted molar refractivity (Wildman–Crippen MR) is 111 cm³/mol. The van der Waals surface area contributed by atoms with Crippen LogP contribution in [0.2, 0.25) is 0 Å².